The Labute approximate surface area is 110 Å². The first-order chi connectivity index (χ1) is 8.61. The summed E-state index contributed by atoms with van der Waals surface area (Å²) in [7, 11) is 0. The molecule has 1 fully saturated rings. The summed E-state index contributed by atoms with van der Waals surface area (Å²) in [6.45, 7) is 5.13. The van der Waals surface area contributed by atoms with E-state index in [9.17, 15) is 19.2 Å². The largest absolute Gasteiger partial charge is 0.481 e. The molecule has 1 rings (SSSR count). The number of carboxylic acid groups (broad SMARTS) is 2. The summed E-state index contributed by atoms with van der Waals surface area (Å²) in [5.74, 6) is -4.24. The molecule has 0 bridgehead atoms. The van der Waals surface area contributed by atoms with Crippen molar-refractivity contribution in [2.75, 3.05) is 0 Å². The summed E-state index contributed by atoms with van der Waals surface area (Å²) in [4.78, 5) is 46.5. The van der Waals surface area contributed by atoms with Gasteiger partial charge in [-0.25, -0.2) is 4.79 Å². The van der Waals surface area contributed by atoms with Gasteiger partial charge in [-0.15, -0.1) is 0 Å². The molecule has 1 heterocycles. The van der Waals surface area contributed by atoms with Crippen molar-refractivity contribution >= 4 is 23.8 Å². The molecule has 0 aromatic carbocycles. The quantitative estimate of drug-likeness (QED) is 0.697. The fraction of sp³-hybridized carbons (Fsp3) is 0.667. The van der Waals surface area contributed by atoms with Crippen molar-refractivity contribution in [3.8, 4) is 0 Å². The van der Waals surface area contributed by atoms with Crippen LogP contribution in [0.3, 0.4) is 0 Å². The van der Waals surface area contributed by atoms with Crippen LogP contribution in [0.2, 0.25) is 0 Å². The van der Waals surface area contributed by atoms with Crippen LogP contribution in [0.15, 0.2) is 0 Å². The molecule has 0 aromatic heterocycles. The molecule has 0 radical (unpaired) electrons. The number of hydrogen-bond donors (Lipinski definition) is 2. The average Bonchev–Trinajstić information content (AvgIpc) is 2.48. The predicted octanol–water partition coefficient (Wildman–Crippen LogP) is 0.336. The molecule has 2 atom stereocenters. The lowest BCUT2D eigenvalue weighted by molar-refractivity contribution is -0.158. The standard InChI is InChI=1S/C12H17NO6/c1-6(2)12(3)5-8(14)13(11(12)19)7(10(17)18)4-9(15)16/h6-7H,4-5H2,1-3H3,(H,15,16)(H,17,18). The number of amides is 2. The fourth-order valence-corrected chi connectivity index (χ4v) is 2.08. The normalized spacial score (nSPS) is 24.9. The number of carboxylic acids is 2. The molecule has 1 aliphatic heterocycles. The Balaban J connectivity index is 3.12. The molecule has 7 heteroatoms. The van der Waals surface area contributed by atoms with Crippen LogP contribution in [0.1, 0.15) is 33.6 Å². The smallest absolute Gasteiger partial charge is 0.327 e. The zero-order valence-electron chi connectivity index (χ0n) is 11.0. The van der Waals surface area contributed by atoms with Gasteiger partial charge in [0.15, 0.2) is 0 Å². The summed E-state index contributed by atoms with van der Waals surface area (Å²) in [5.41, 5.74) is -0.969. The molecule has 19 heavy (non-hydrogen) atoms. The molecule has 2 amide bonds. The Morgan fingerprint density at radius 1 is 1.32 bits per heavy atom. The number of nitrogens with zero attached hydrogens (tertiary/aromatic N) is 1. The van der Waals surface area contributed by atoms with Gasteiger partial charge in [0.2, 0.25) is 11.8 Å². The van der Waals surface area contributed by atoms with E-state index < -0.39 is 41.6 Å². The average molecular weight is 271 g/mol. The molecule has 1 aliphatic rings. The third kappa shape index (κ3) is 2.59. The summed E-state index contributed by atoms with van der Waals surface area (Å²) in [5, 5.41) is 17.7. The van der Waals surface area contributed by atoms with Crippen molar-refractivity contribution in [3.05, 3.63) is 0 Å². The lowest BCUT2D eigenvalue weighted by atomic mass is 9.78. The van der Waals surface area contributed by atoms with Crippen molar-refractivity contribution in [3.63, 3.8) is 0 Å². The summed E-state index contributed by atoms with van der Waals surface area (Å²) in [6.07, 6.45) is -0.881. The van der Waals surface area contributed by atoms with E-state index in [1.54, 1.807) is 20.8 Å². The van der Waals surface area contributed by atoms with Gasteiger partial charge in [0, 0.05) is 6.42 Å². The molecule has 7 nitrogen and oxygen atoms in total. The highest BCUT2D eigenvalue weighted by Crippen LogP contribution is 2.40. The summed E-state index contributed by atoms with van der Waals surface area (Å²) >= 11 is 0. The van der Waals surface area contributed by atoms with E-state index in [2.05, 4.69) is 0 Å². The number of likely N-dealkylation sites (tertiary alicyclic amines) is 1. The van der Waals surface area contributed by atoms with Crippen LogP contribution in [0.5, 0.6) is 0 Å². The van der Waals surface area contributed by atoms with E-state index in [-0.39, 0.29) is 12.3 Å². The first kappa shape index (κ1) is 15.1. The minimum absolute atomic E-state index is 0.0904. The van der Waals surface area contributed by atoms with Crippen LogP contribution >= 0.6 is 0 Å². The van der Waals surface area contributed by atoms with Gasteiger partial charge in [0.05, 0.1) is 11.8 Å². The fourth-order valence-electron chi connectivity index (χ4n) is 2.08. The maximum Gasteiger partial charge on any atom is 0.327 e. The van der Waals surface area contributed by atoms with Crippen LogP contribution in [-0.2, 0) is 19.2 Å². The maximum absolute atomic E-state index is 12.3. The van der Waals surface area contributed by atoms with Crippen LogP contribution in [0.25, 0.3) is 0 Å². The van der Waals surface area contributed by atoms with E-state index in [0.29, 0.717) is 4.90 Å². The highest BCUT2D eigenvalue weighted by atomic mass is 16.4. The lowest BCUT2D eigenvalue weighted by Crippen LogP contribution is -2.48. The number of rotatable bonds is 5. The predicted molar refractivity (Wildman–Crippen MR) is 63.1 cm³/mol. The van der Waals surface area contributed by atoms with Gasteiger partial charge in [-0.3, -0.25) is 19.3 Å². The van der Waals surface area contributed by atoms with Gasteiger partial charge in [-0.1, -0.05) is 13.8 Å². The van der Waals surface area contributed by atoms with Crippen LogP contribution in [0, 0.1) is 11.3 Å². The Morgan fingerprint density at radius 3 is 2.16 bits per heavy atom. The Bertz CT molecular complexity index is 444. The van der Waals surface area contributed by atoms with Gasteiger partial charge in [0.25, 0.3) is 0 Å². The second-order valence-corrected chi connectivity index (χ2v) is 5.27. The molecule has 1 saturated heterocycles. The van der Waals surface area contributed by atoms with Gasteiger partial charge in [0.1, 0.15) is 6.04 Å². The molecule has 106 valence electrons. The summed E-state index contributed by atoms with van der Waals surface area (Å²) in [6, 6.07) is -1.64. The van der Waals surface area contributed by atoms with Crippen LogP contribution < -0.4 is 0 Å². The van der Waals surface area contributed by atoms with Crippen LogP contribution in [0.4, 0.5) is 0 Å². The molecule has 2 unspecified atom stereocenters. The molecule has 0 spiro atoms. The van der Waals surface area contributed by atoms with E-state index >= 15 is 0 Å². The Morgan fingerprint density at radius 2 is 1.84 bits per heavy atom. The third-order valence-corrected chi connectivity index (χ3v) is 3.73. The minimum atomic E-state index is -1.64. The lowest BCUT2D eigenvalue weighted by Gasteiger charge is -2.28. The van der Waals surface area contributed by atoms with Crippen molar-refractivity contribution < 1.29 is 29.4 Å². The van der Waals surface area contributed by atoms with Crippen molar-refractivity contribution in [2.24, 2.45) is 11.3 Å². The summed E-state index contributed by atoms with van der Waals surface area (Å²) < 4.78 is 0. The van der Waals surface area contributed by atoms with E-state index in [0.717, 1.165) is 0 Å². The topological polar surface area (TPSA) is 112 Å². The monoisotopic (exact) mass is 271 g/mol. The number of carbonyl (C=O) groups is 4. The highest BCUT2D eigenvalue weighted by molar-refractivity contribution is 6.08. The second kappa shape index (κ2) is 4.99. The molecular weight excluding hydrogens is 254 g/mol. The molecule has 0 aliphatic carbocycles. The number of carbonyl (C=O) groups excluding carboxylic acids is 2. The molecule has 0 aromatic rings. The first-order valence-corrected chi connectivity index (χ1v) is 5.92. The van der Waals surface area contributed by atoms with Crippen LogP contribution in [-0.4, -0.2) is 44.9 Å². The van der Waals surface area contributed by atoms with Gasteiger partial charge in [-0.2, -0.15) is 0 Å². The van der Waals surface area contributed by atoms with E-state index in [1.165, 1.54) is 0 Å². The van der Waals surface area contributed by atoms with Crippen molar-refractivity contribution in [1.29, 1.82) is 0 Å². The van der Waals surface area contributed by atoms with E-state index in [4.69, 9.17) is 10.2 Å². The van der Waals surface area contributed by atoms with Gasteiger partial charge < -0.3 is 10.2 Å². The van der Waals surface area contributed by atoms with E-state index in [1.807, 2.05) is 0 Å². The first-order valence-electron chi connectivity index (χ1n) is 5.92. The minimum Gasteiger partial charge on any atom is -0.481 e. The SMILES string of the molecule is CC(C)C1(C)CC(=O)N(C(CC(=O)O)C(=O)O)C1=O. The highest BCUT2D eigenvalue weighted by Gasteiger charge is 2.53. The van der Waals surface area contributed by atoms with Crippen molar-refractivity contribution in [1.82, 2.24) is 4.90 Å². The number of imide groups is 1. The van der Waals surface area contributed by atoms with Gasteiger partial charge >= 0.3 is 11.9 Å². The molecule has 0 saturated carbocycles. The second-order valence-electron chi connectivity index (χ2n) is 5.27. The number of hydrogen-bond acceptors (Lipinski definition) is 4. The number of aliphatic carboxylic acids is 2. The van der Waals surface area contributed by atoms with Crippen molar-refractivity contribution in [2.45, 2.75) is 39.7 Å². The maximum atomic E-state index is 12.3. The molecule has 2 N–H and O–H groups in total. The Kier molecular flexibility index (Phi) is 3.97. The zero-order valence-corrected chi connectivity index (χ0v) is 11.0. The zero-order chi connectivity index (χ0) is 15.0. The Hall–Kier alpha value is -1.92. The third-order valence-electron chi connectivity index (χ3n) is 3.73. The van der Waals surface area contributed by atoms with Gasteiger partial charge in [-0.05, 0) is 12.8 Å². The molecular formula is C12H17NO6.